The Kier molecular flexibility index (Phi) is 17.0. The zero-order valence-corrected chi connectivity index (χ0v) is 15.3. The summed E-state index contributed by atoms with van der Waals surface area (Å²) in [5.74, 6) is -1.50. The molecule has 0 aromatic rings. The van der Waals surface area contributed by atoms with Gasteiger partial charge in [0.25, 0.3) is 0 Å². The molecule has 20 heavy (non-hydrogen) atoms. The van der Waals surface area contributed by atoms with Gasteiger partial charge in [-0.05, 0) is 13.3 Å². The topological polar surface area (TPSA) is 63.6 Å². The first-order chi connectivity index (χ1) is 9.07. The van der Waals surface area contributed by atoms with Crippen molar-refractivity contribution in [3.63, 3.8) is 0 Å². The van der Waals surface area contributed by atoms with E-state index in [1.165, 1.54) is 45.4 Å². The van der Waals surface area contributed by atoms with Gasteiger partial charge in [0.15, 0.2) is 6.10 Å². The number of carbonyl (C=O) groups is 2. The molecular weight excluding hydrogens is 267 g/mol. The summed E-state index contributed by atoms with van der Waals surface area (Å²) >= 11 is 0. The van der Waals surface area contributed by atoms with Gasteiger partial charge in [-0.2, -0.15) is 0 Å². The van der Waals surface area contributed by atoms with Crippen molar-refractivity contribution < 1.29 is 19.4 Å². The number of aliphatic carboxylic acids is 1. The normalized spacial score (nSPS) is 11.5. The molecule has 1 unspecified atom stereocenters. The van der Waals surface area contributed by atoms with Crippen LogP contribution < -0.4 is 0 Å². The number of esters is 1. The summed E-state index contributed by atoms with van der Waals surface area (Å²) in [6.45, 7) is 3.58. The van der Waals surface area contributed by atoms with E-state index in [1.54, 1.807) is 0 Å². The summed E-state index contributed by atoms with van der Waals surface area (Å²) in [4.78, 5) is 21.8. The molecule has 1 N–H and O–H groups in total. The molecule has 0 aliphatic carbocycles. The standard InChI is InChI=1S/C15H28O4.Na/c1-3-4-5-6-7-8-9-10-11-12-14(16)19-13(2)15(17)18;/h13H,3-12H2,1-2H3,(H,17,18);. The fourth-order valence-electron chi connectivity index (χ4n) is 1.89. The predicted molar refractivity (Wildman–Crippen MR) is 80.8 cm³/mol. The van der Waals surface area contributed by atoms with E-state index in [2.05, 4.69) is 6.92 Å². The third-order valence-electron chi connectivity index (χ3n) is 3.14. The third kappa shape index (κ3) is 14.4. The van der Waals surface area contributed by atoms with Gasteiger partial charge >= 0.3 is 11.9 Å². The molecule has 1 radical (unpaired) electrons. The van der Waals surface area contributed by atoms with Crippen LogP contribution in [-0.2, 0) is 14.3 Å². The molecule has 0 bridgehead atoms. The number of carboxylic acids is 1. The Morgan fingerprint density at radius 3 is 1.85 bits per heavy atom. The molecular formula is C15H28NaO4. The number of rotatable bonds is 12. The molecule has 0 saturated carbocycles. The van der Waals surface area contributed by atoms with Crippen LogP contribution >= 0.6 is 0 Å². The summed E-state index contributed by atoms with van der Waals surface area (Å²) in [5.41, 5.74) is 0. The van der Waals surface area contributed by atoms with Crippen molar-refractivity contribution in [2.75, 3.05) is 0 Å². The second-order valence-corrected chi connectivity index (χ2v) is 5.05. The quantitative estimate of drug-likeness (QED) is 0.340. The second-order valence-electron chi connectivity index (χ2n) is 5.05. The minimum absolute atomic E-state index is 0. The zero-order chi connectivity index (χ0) is 14.5. The molecule has 0 saturated heterocycles. The largest absolute Gasteiger partial charge is 0.479 e. The maximum Gasteiger partial charge on any atom is 0.344 e. The van der Waals surface area contributed by atoms with E-state index in [1.807, 2.05) is 0 Å². The molecule has 0 aliphatic heterocycles. The number of hydrogen-bond donors (Lipinski definition) is 1. The molecule has 113 valence electrons. The molecule has 0 aliphatic rings. The van der Waals surface area contributed by atoms with Crippen LogP contribution in [0.1, 0.15) is 78.1 Å². The Bertz CT molecular complexity index is 256. The van der Waals surface area contributed by atoms with E-state index in [9.17, 15) is 9.59 Å². The van der Waals surface area contributed by atoms with Gasteiger partial charge in [0, 0.05) is 36.0 Å². The SMILES string of the molecule is CCCCCCCCCCCC(=O)OC(C)C(=O)O.[Na]. The summed E-state index contributed by atoms with van der Waals surface area (Å²) in [6.07, 6.45) is 9.99. The Hall–Kier alpha value is -0.0600. The van der Waals surface area contributed by atoms with Crippen molar-refractivity contribution in [2.45, 2.75) is 84.2 Å². The van der Waals surface area contributed by atoms with Crippen LogP contribution in [0.15, 0.2) is 0 Å². The van der Waals surface area contributed by atoms with Gasteiger partial charge in [0.05, 0.1) is 0 Å². The van der Waals surface area contributed by atoms with Crippen LogP contribution in [0.25, 0.3) is 0 Å². The number of ether oxygens (including phenoxy) is 1. The van der Waals surface area contributed by atoms with E-state index in [-0.39, 0.29) is 29.6 Å². The van der Waals surface area contributed by atoms with E-state index < -0.39 is 18.0 Å². The average molecular weight is 295 g/mol. The van der Waals surface area contributed by atoms with Crippen molar-refractivity contribution in [3.05, 3.63) is 0 Å². The summed E-state index contributed by atoms with van der Waals surface area (Å²) < 4.78 is 4.75. The average Bonchev–Trinajstić information content (AvgIpc) is 2.36. The van der Waals surface area contributed by atoms with Gasteiger partial charge in [-0.25, -0.2) is 4.79 Å². The smallest absolute Gasteiger partial charge is 0.344 e. The fourth-order valence-corrected chi connectivity index (χ4v) is 1.89. The van der Waals surface area contributed by atoms with Gasteiger partial charge < -0.3 is 9.84 Å². The number of hydrogen-bond acceptors (Lipinski definition) is 3. The van der Waals surface area contributed by atoms with Gasteiger partial charge in [0.1, 0.15) is 0 Å². The van der Waals surface area contributed by atoms with E-state index in [0.717, 1.165) is 19.3 Å². The Labute approximate surface area is 144 Å². The Morgan fingerprint density at radius 2 is 1.40 bits per heavy atom. The summed E-state index contributed by atoms with van der Waals surface area (Å²) in [6, 6.07) is 0. The summed E-state index contributed by atoms with van der Waals surface area (Å²) in [5, 5.41) is 8.58. The minimum Gasteiger partial charge on any atom is -0.479 e. The van der Waals surface area contributed by atoms with Crippen molar-refractivity contribution >= 4 is 41.5 Å². The maximum atomic E-state index is 11.3. The Balaban J connectivity index is 0. The van der Waals surface area contributed by atoms with E-state index >= 15 is 0 Å². The first kappa shape index (κ1) is 22.2. The van der Waals surface area contributed by atoms with Crippen molar-refractivity contribution in [1.29, 1.82) is 0 Å². The number of carbonyl (C=O) groups excluding carboxylic acids is 1. The monoisotopic (exact) mass is 295 g/mol. The number of carboxylic acid groups (broad SMARTS) is 1. The molecule has 0 rings (SSSR count). The molecule has 0 heterocycles. The predicted octanol–water partition coefficient (Wildman–Crippen LogP) is 3.54. The molecule has 4 nitrogen and oxygen atoms in total. The molecule has 0 amide bonds. The Morgan fingerprint density at radius 1 is 0.950 bits per heavy atom. The molecule has 0 aromatic heterocycles. The van der Waals surface area contributed by atoms with Crippen LogP contribution in [0.2, 0.25) is 0 Å². The molecule has 0 aromatic carbocycles. The van der Waals surface area contributed by atoms with Crippen LogP contribution in [0.4, 0.5) is 0 Å². The van der Waals surface area contributed by atoms with Crippen LogP contribution in [0.3, 0.4) is 0 Å². The van der Waals surface area contributed by atoms with Crippen LogP contribution in [-0.4, -0.2) is 52.7 Å². The van der Waals surface area contributed by atoms with Crippen molar-refractivity contribution in [1.82, 2.24) is 0 Å². The van der Waals surface area contributed by atoms with Crippen molar-refractivity contribution in [3.8, 4) is 0 Å². The minimum atomic E-state index is -1.10. The van der Waals surface area contributed by atoms with E-state index in [0.29, 0.717) is 6.42 Å². The van der Waals surface area contributed by atoms with Gasteiger partial charge in [-0.1, -0.05) is 58.3 Å². The van der Waals surface area contributed by atoms with Crippen LogP contribution in [0, 0.1) is 0 Å². The second kappa shape index (κ2) is 15.3. The molecule has 1 atom stereocenters. The third-order valence-corrected chi connectivity index (χ3v) is 3.14. The van der Waals surface area contributed by atoms with Gasteiger partial charge in [-0.3, -0.25) is 4.79 Å². The first-order valence-corrected chi connectivity index (χ1v) is 7.50. The first-order valence-electron chi connectivity index (χ1n) is 7.50. The van der Waals surface area contributed by atoms with Gasteiger partial charge in [-0.15, -0.1) is 0 Å². The summed E-state index contributed by atoms with van der Waals surface area (Å²) in [7, 11) is 0. The van der Waals surface area contributed by atoms with Crippen molar-refractivity contribution in [2.24, 2.45) is 0 Å². The maximum absolute atomic E-state index is 11.3. The van der Waals surface area contributed by atoms with E-state index in [4.69, 9.17) is 9.84 Å². The number of unbranched alkanes of at least 4 members (excludes halogenated alkanes) is 8. The fraction of sp³-hybridized carbons (Fsp3) is 0.867. The van der Waals surface area contributed by atoms with Gasteiger partial charge in [0.2, 0.25) is 0 Å². The zero-order valence-electron chi connectivity index (χ0n) is 13.3. The van der Waals surface area contributed by atoms with Crippen LogP contribution in [0.5, 0.6) is 0 Å². The molecule has 5 heteroatoms. The molecule has 0 fully saturated rings. The molecule has 0 spiro atoms.